The van der Waals surface area contributed by atoms with Gasteiger partial charge in [-0.25, -0.2) is 8.78 Å². The number of halogens is 2. The van der Waals surface area contributed by atoms with Gasteiger partial charge in [-0.15, -0.1) is 0 Å². The van der Waals surface area contributed by atoms with Crippen molar-refractivity contribution in [2.75, 3.05) is 5.32 Å². The number of nitriles is 1. The molecule has 0 aliphatic carbocycles. The van der Waals surface area contributed by atoms with Crippen molar-refractivity contribution in [3.8, 4) is 11.8 Å². The normalized spacial score (nSPS) is 10.1. The van der Waals surface area contributed by atoms with E-state index in [0.29, 0.717) is 28.1 Å². The van der Waals surface area contributed by atoms with Crippen LogP contribution in [0.3, 0.4) is 0 Å². The third-order valence-corrected chi connectivity index (χ3v) is 3.76. The van der Waals surface area contributed by atoms with E-state index in [2.05, 4.69) is 5.32 Å². The van der Waals surface area contributed by atoms with Gasteiger partial charge in [0.25, 0.3) is 5.91 Å². The Kier molecular flexibility index (Phi) is 5.43. The van der Waals surface area contributed by atoms with E-state index in [-0.39, 0.29) is 12.5 Å². The smallest absolute Gasteiger partial charge is 0.255 e. The molecule has 0 saturated heterocycles. The van der Waals surface area contributed by atoms with Crippen molar-refractivity contribution in [2.24, 2.45) is 0 Å². The van der Waals surface area contributed by atoms with Crippen LogP contribution in [0.5, 0.6) is 5.75 Å². The highest BCUT2D eigenvalue weighted by Crippen LogP contribution is 2.18. The molecule has 0 saturated carbocycles. The molecule has 134 valence electrons. The molecular weight excluding hydrogens is 350 g/mol. The van der Waals surface area contributed by atoms with Crippen LogP contribution in [-0.4, -0.2) is 5.91 Å². The Morgan fingerprint density at radius 2 is 1.78 bits per heavy atom. The molecule has 0 atom stereocenters. The number of hydrogen-bond donors (Lipinski definition) is 1. The van der Waals surface area contributed by atoms with Crippen LogP contribution in [0.4, 0.5) is 14.5 Å². The number of nitrogens with one attached hydrogen (secondary N) is 1. The SMILES string of the molecule is N#Cc1ccc(NC(=O)c2cccc(OCc3ccc(F)c(F)c3)c2)cc1. The van der Waals surface area contributed by atoms with Gasteiger partial charge in [-0.05, 0) is 60.2 Å². The maximum absolute atomic E-state index is 13.2. The first-order valence-electron chi connectivity index (χ1n) is 8.03. The van der Waals surface area contributed by atoms with Crippen LogP contribution >= 0.6 is 0 Å². The first-order chi connectivity index (χ1) is 13.0. The summed E-state index contributed by atoms with van der Waals surface area (Å²) in [6.45, 7) is 0.0396. The lowest BCUT2D eigenvalue weighted by atomic mass is 10.2. The van der Waals surface area contributed by atoms with Gasteiger partial charge in [0, 0.05) is 11.3 Å². The lowest BCUT2D eigenvalue weighted by Crippen LogP contribution is -2.12. The fraction of sp³-hybridized carbons (Fsp3) is 0.0476. The Morgan fingerprint density at radius 3 is 2.48 bits per heavy atom. The van der Waals surface area contributed by atoms with Gasteiger partial charge in [-0.3, -0.25) is 4.79 Å². The first kappa shape index (κ1) is 18.1. The lowest BCUT2D eigenvalue weighted by Gasteiger charge is -2.09. The Bertz CT molecular complexity index is 1010. The number of nitrogens with zero attached hydrogens (tertiary/aromatic N) is 1. The van der Waals surface area contributed by atoms with Gasteiger partial charge in [-0.2, -0.15) is 5.26 Å². The molecular formula is C21H14F2N2O2. The van der Waals surface area contributed by atoms with Crippen molar-refractivity contribution < 1.29 is 18.3 Å². The molecule has 0 bridgehead atoms. The molecule has 27 heavy (non-hydrogen) atoms. The Labute approximate surface area is 154 Å². The van der Waals surface area contributed by atoms with Crippen LogP contribution in [0.15, 0.2) is 66.7 Å². The molecule has 3 rings (SSSR count). The average molecular weight is 364 g/mol. The van der Waals surface area contributed by atoms with Crippen LogP contribution in [0.25, 0.3) is 0 Å². The zero-order valence-corrected chi connectivity index (χ0v) is 14.1. The first-order valence-corrected chi connectivity index (χ1v) is 8.03. The number of benzene rings is 3. The average Bonchev–Trinajstić information content (AvgIpc) is 2.69. The summed E-state index contributed by atoms with van der Waals surface area (Å²) in [5.41, 5.74) is 1.91. The van der Waals surface area contributed by atoms with E-state index < -0.39 is 11.6 Å². The summed E-state index contributed by atoms with van der Waals surface area (Å²) in [4.78, 5) is 12.4. The van der Waals surface area contributed by atoms with Crippen LogP contribution < -0.4 is 10.1 Å². The predicted octanol–water partition coefficient (Wildman–Crippen LogP) is 4.67. The van der Waals surface area contributed by atoms with Crippen molar-refractivity contribution in [1.29, 1.82) is 5.26 Å². The van der Waals surface area contributed by atoms with Crippen LogP contribution in [-0.2, 0) is 6.61 Å². The van der Waals surface area contributed by atoms with Gasteiger partial charge in [0.15, 0.2) is 11.6 Å². The lowest BCUT2D eigenvalue weighted by molar-refractivity contribution is 0.102. The van der Waals surface area contributed by atoms with Gasteiger partial charge in [0.05, 0.1) is 11.6 Å². The number of carbonyl (C=O) groups is 1. The largest absolute Gasteiger partial charge is 0.489 e. The standard InChI is InChI=1S/C21H14F2N2O2/c22-19-9-6-15(10-20(19)23)13-27-18-3-1-2-16(11-18)21(26)25-17-7-4-14(12-24)5-8-17/h1-11H,13H2,(H,25,26). The number of amides is 1. The van der Waals surface area contributed by atoms with Crippen LogP contribution in [0.2, 0.25) is 0 Å². The molecule has 3 aromatic carbocycles. The molecule has 0 aliphatic rings. The number of carbonyl (C=O) groups excluding carboxylic acids is 1. The maximum Gasteiger partial charge on any atom is 0.255 e. The van der Waals surface area contributed by atoms with Crippen molar-refractivity contribution in [3.05, 3.63) is 95.1 Å². The highest BCUT2D eigenvalue weighted by molar-refractivity contribution is 6.04. The molecule has 0 radical (unpaired) electrons. The van der Waals surface area contributed by atoms with Crippen molar-refractivity contribution >= 4 is 11.6 Å². The highest BCUT2D eigenvalue weighted by Gasteiger charge is 2.08. The second-order valence-electron chi connectivity index (χ2n) is 5.71. The third kappa shape index (κ3) is 4.67. The second kappa shape index (κ2) is 8.11. The zero-order valence-electron chi connectivity index (χ0n) is 14.1. The highest BCUT2D eigenvalue weighted by atomic mass is 19.2. The van der Waals surface area contributed by atoms with Gasteiger partial charge in [0.2, 0.25) is 0 Å². The third-order valence-electron chi connectivity index (χ3n) is 3.76. The van der Waals surface area contributed by atoms with Crippen molar-refractivity contribution in [1.82, 2.24) is 0 Å². The minimum atomic E-state index is -0.938. The summed E-state index contributed by atoms with van der Waals surface area (Å²) in [5, 5.41) is 11.5. The monoisotopic (exact) mass is 364 g/mol. The van der Waals surface area contributed by atoms with E-state index in [0.717, 1.165) is 12.1 Å². The minimum Gasteiger partial charge on any atom is -0.489 e. The number of anilines is 1. The van der Waals surface area contributed by atoms with E-state index in [4.69, 9.17) is 10.00 Å². The van der Waals surface area contributed by atoms with E-state index in [9.17, 15) is 13.6 Å². The van der Waals surface area contributed by atoms with Crippen molar-refractivity contribution in [3.63, 3.8) is 0 Å². The molecule has 0 spiro atoms. The van der Waals surface area contributed by atoms with Gasteiger partial charge >= 0.3 is 0 Å². The summed E-state index contributed by atoms with van der Waals surface area (Å²) in [6.07, 6.45) is 0. The van der Waals surface area contributed by atoms with Gasteiger partial charge < -0.3 is 10.1 Å². The molecule has 0 heterocycles. The fourth-order valence-corrected chi connectivity index (χ4v) is 2.35. The second-order valence-corrected chi connectivity index (χ2v) is 5.71. The summed E-state index contributed by atoms with van der Waals surface area (Å²) in [7, 11) is 0. The minimum absolute atomic E-state index is 0.0396. The van der Waals surface area contributed by atoms with Crippen molar-refractivity contribution in [2.45, 2.75) is 6.61 Å². The zero-order chi connectivity index (χ0) is 19.2. The molecule has 1 amide bonds. The molecule has 1 N–H and O–H groups in total. The topological polar surface area (TPSA) is 62.1 Å². The summed E-state index contributed by atoms with van der Waals surface area (Å²) in [6, 6.07) is 18.5. The Balaban J connectivity index is 1.66. The molecule has 3 aromatic rings. The summed E-state index contributed by atoms with van der Waals surface area (Å²) < 4.78 is 31.7. The Hall–Kier alpha value is -3.72. The van der Waals surface area contributed by atoms with E-state index in [1.165, 1.54) is 6.07 Å². The van der Waals surface area contributed by atoms with E-state index in [1.54, 1.807) is 48.5 Å². The fourth-order valence-electron chi connectivity index (χ4n) is 2.35. The molecule has 0 aromatic heterocycles. The van der Waals surface area contributed by atoms with Gasteiger partial charge in [0.1, 0.15) is 12.4 Å². The molecule has 0 unspecified atom stereocenters. The number of hydrogen-bond acceptors (Lipinski definition) is 3. The number of rotatable bonds is 5. The number of ether oxygens (including phenoxy) is 1. The summed E-state index contributed by atoms with van der Waals surface area (Å²) in [5.74, 6) is -1.77. The van der Waals surface area contributed by atoms with E-state index in [1.807, 2.05) is 6.07 Å². The molecule has 0 aliphatic heterocycles. The molecule has 4 nitrogen and oxygen atoms in total. The van der Waals surface area contributed by atoms with Gasteiger partial charge in [-0.1, -0.05) is 12.1 Å². The predicted molar refractivity (Wildman–Crippen MR) is 96.2 cm³/mol. The van der Waals surface area contributed by atoms with E-state index >= 15 is 0 Å². The van der Waals surface area contributed by atoms with Crippen LogP contribution in [0.1, 0.15) is 21.5 Å². The Morgan fingerprint density at radius 1 is 1.00 bits per heavy atom. The maximum atomic E-state index is 13.2. The summed E-state index contributed by atoms with van der Waals surface area (Å²) >= 11 is 0. The quantitative estimate of drug-likeness (QED) is 0.716. The molecule has 0 fully saturated rings. The van der Waals surface area contributed by atoms with Crippen LogP contribution in [0, 0.1) is 23.0 Å². The molecule has 6 heteroatoms.